The van der Waals surface area contributed by atoms with E-state index in [2.05, 4.69) is 10.6 Å². The Morgan fingerprint density at radius 3 is 2.58 bits per heavy atom. The topological polar surface area (TPSA) is 40.5 Å². The summed E-state index contributed by atoms with van der Waals surface area (Å²) < 4.78 is 13.3. The number of hydrogen-bond donors (Lipinski definition) is 0. The molecule has 1 aliphatic carbocycles. The minimum Gasteiger partial charge on any atom is -0.494 e. The highest BCUT2D eigenvalue weighted by Gasteiger charge is 2.26. The molecule has 1 aromatic heterocycles. The third kappa shape index (κ3) is 3.02. The first-order valence-electron chi connectivity index (χ1n) is 9.11. The Morgan fingerprint density at radius 1 is 1.17 bits per heavy atom. The molecule has 0 N–H and O–H groups in total. The SMILES string of the molecule is CCOC(=O)c1c(C)n(C2CCCCC2)c2ccc(OCC)cc12. The molecule has 1 fully saturated rings. The van der Waals surface area contributed by atoms with Crippen molar-refractivity contribution in [1.29, 1.82) is 0 Å². The van der Waals surface area contributed by atoms with Gasteiger partial charge in [0, 0.05) is 22.6 Å². The third-order valence-electron chi connectivity index (χ3n) is 4.95. The molecule has 0 spiro atoms. The van der Waals surface area contributed by atoms with Crippen LogP contribution in [-0.2, 0) is 4.74 Å². The summed E-state index contributed by atoms with van der Waals surface area (Å²) in [6, 6.07) is 6.55. The van der Waals surface area contributed by atoms with E-state index in [9.17, 15) is 4.79 Å². The lowest BCUT2D eigenvalue weighted by molar-refractivity contribution is 0.0527. The van der Waals surface area contributed by atoms with Gasteiger partial charge in [-0.25, -0.2) is 4.79 Å². The van der Waals surface area contributed by atoms with E-state index in [4.69, 9.17) is 9.47 Å². The fourth-order valence-electron chi connectivity index (χ4n) is 3.95. The van der Waals surface area contributed by atoms with E-state index in [0.29, 0.717) is 24.8 Å². The summed E-state index contributed by atoms with van der Waals surface area (Å²) >= 11 is 0. The van der Waals surface area contributed by atoms with Crippen LogP contribution >= 0.6 is 0 Å². The van der Waals surface area contributed by atoms with Crippen LogP contribution in [0.15, 0.2) is 18.2 Å². The molecule has 0 amide bonds. The first kappa shape index (κ1) is 16.9. The van der Waals surface area contributed by atoms with E-state index in [1.165, 1.54) is 32.1 Å². The minimum atomic E-state index is -0.233. The molecule has 24 heavy (non-hydrogen) atoms. The Hall–Kier alpha value is -1.97. The van der Waals surface area contributed by atoms with Gasteiger partial charge in [0.25, 0.3) is 0 Å². The molecule has 1 saturated carbocycles. The molecule has 4 heteroatoms. The highest BCUT2D eigenvalue weighted by atomic mass is 16.5. The molecular weight excluding hydrogens is 302 g/mol. The summed E-state index contributed by atoms with van der Waals surface area (Å²) in [6.07, 6.45) is 6.19. The van der Waals surface area contributed by atoms with Gasteiger partial charge in [-0.15, -0.1) is 0 Å². The molecule has 0 atom stereocenters. The van der Waals surface area contributed by atoms with Crippen molar-refractivity contribution in [3.05, 3.63) is 29.5 Å². The molecular formula is C20H27NO3. The summed E-state index contributed by atoms with van der Waals surface area (Å²) in [5.74, 6) is 0.569. The van der Waals surface area contributed by atoms with Crippen molar-refractivity contribution in [1.82, 2.24) is 4.57 Å². The van der Waals surface area contributed by atoms with Gasteiger partial charge in [0.1, 0.15) is 5.75 Å². The number of carbonyl (C=O) groups excluding carboxylic acids is 1. The fraction of sp³-hybridized carbons (Fsp3) is 0.550. The van der Waals surface area contributed by atoms with E-state index in [0.717, 1.165) is 22.3 Å². The summed E-state index contributed by atoms with van der Waals surface area (Å²) in [4.78, 5) is 12.6. The summed E-state index contributed by atoms with van der Waals surface area (Å²) in [6.45, 7) is 6.86. The number of esters is 1. The normalized spacial score (nSPS) is 15.6. The number of nitrogens with zero attached hydrogens (tertiary/aromatic N) is 1. The molecule has 0 radical (unpaired) electrons. The number of rotatable bonds is 5. The van der Waals surface area contributed by atoms with Gasteiger partial charge in [-0.2, -0.15) is 0 Å². The van der Waals surface area contributed by atoms with Gasteiger partial charge in [-0.05, 0) is 51.8 Å². The van der Waals surface area contributed by atoms with E-state index in [1.807, 2.05) is 32.9 Å². The van der Waals surface area contributed by atoms with Crippen LogP contribution in [0.5, 0.6) is 5.75 Å². The molecule has 0 bridgehead atoms. The zero-order valence-electron chi connectivity index (χ0n) is 14.9. The van der Waals surface area contributed by atoms with Crippen LogP contribution in [0.4, 0.5) is 0 Å². The Bertz CT molecular complexity index is 726. The summed E-state index contributed by atoms with van der Waals surface area (Å²) in [5.41, 5.74) is 2.83. The van der Waals surface area contributed by atoms with E-state index < -0.39 is 0 Å². The largest absolute Gasteiger partial charge is 0.494 e. The van der Waals surface area contributed by atoms with Crippen molar-refractivity contribution in [2.45, 2.75) is 58.9 Å². The summed E-state index contributed by atoms with van der Waals surface area (Å²) in [7, 11) is 0. The second kappa shape index (κ2) is 7.29. The predicted octanol–water partition coefficient (Wildman–Crippen LogP) is 5.03. The van der Waals surface area contributed by atoms with Crippen molar-refractivity contribution < 1.29 is 14.3 Å². The van der Waals surface area contributed by atoms with Gasteiger partial charge in [0.05, 0.1) is 18.8 Å². The van der Waals surface area contributed by atoms with Crippen LogP contribution in [-0.4, -0.2) is 23.8 Å². The second-order valence-electron chi connectivity index (χ2n) is 6.45. The van der Waals surface area contributed by atoms with Crippen molar-refractivity contribution in [3.63, 3.8) is 0 Å². The Balaban J connectivity index is 2.16. The molecule has 1 aromatic carbocycles. The van der Waals surface area contributed by atoms with Gasteiger partial charge in [0.2, 0.25) is 0 Å². The average Bonchev–Trinajstić information content (AvgIpc) is 2.87. The van der Waals surface area contributed by atoms with Crippen LogP contribution in [0.3, 0.4) is 0 Å². The monoisotopic (exact) mass is 329 g/mol. The molecule has 1 aliphatic rings. The molecule has 0 aliphatic heterocycles. The maximum Gasteiger partial charge on any atom is 0.340 e. The standard InChI is InChI=1S/C20H27NO3/c1-4-23-16-11-12-18-17(13-16)19(20(22)24-5-2)14(3)21(18)15-9-7-6-8-10-15/h11-13,15H,4-10H2,1-3H3. The maximum atomic E-state index is 12.6. The van der Waals surface area contributed by atoms with Gasteiger partial charge in [0.15, 0.2) is 0 Å². The predicted molar refractivity (Wildman–Crippen MR) is 95.9 cm³/mol. The quantitative estimate of drug-likeness (QED) is 0.722. The van der Waals surface area contributed by atoms with Gasteiger partial charge >= 0.3 is 5.97 Å². The lowest BCUT2D eigenvalue weighted by Crippen LogP contribution is -2.15. The number of aromatic nitrogens is 1. The number of hydrogen-bond acceptors (Lipinski definition) is 3. The van der Waals surface area contributed by atoms with E-state index >= 15 is 0 Å². The maximum absolute atomic E-state index is 12.6. The van der Waals surface area contributed by atoms with Gasteiger partial charge < -0.3 is 14.0 Å². The number of ether oxygens (including phenoxy) is 2. The second-order valence-corrected chi connectivity index (χ2v) is 6.45. The van der Waals surface area contributed by atoms with Crippen molar-refractivity contribution >= 4 is 16.9 Å². The van der Waals surface area contributed by atoms with Crippen LogP contribution in [0.2, 0.25) is 0 Å². The molecule has 2 aromatic rings. The zero-order valence-corrected chi connectivity index (χ0v) is 14.9. The van der Waals surface area contributed by atoms with Crippen LogP contribution in [0.25, 0.3) is 10.9 Å². The first-order chi connectivity index (χ1) is 11.7. The Kier molecular flexibility index (Phi) is 5.12. The molecule has 3 rings (SSSR count). The lowest BCUT2D eigenvalue weighted by atomic mass is 9.95. The molecule has 0 unspecified atom stereocenters. The Morgan fingerprint density at radius 2 is 1.92 bits per heavy atom. The minimum absolute atomic E-state index is 0.233. The van der Waals surface area contributed by atoms with Gasteiger partial charge in [-0.3, -0.25) is 0 Å². The third-order valence-corrected chi connectivity index (χ3v) is 4.95. The summed E-state index contributed by atoms with van der Waals surface area (Å²) in [5, 5.41) is 0.947. The smallest absolute Gasteiger partial charge is 0.340 e. The fourth-order valence-corrected chi connectivity index (χ4v) is 3.95. The number of fused-ring (bicyclic) bond motifs is 1. The average molecular weight is 329 g/mol. The van der Waals surface area contributed by atoms with Crippen LogP contribution in [0, 0.1) is 6.92 Å². The molecule has 4 nitrogen and oxygen atoms in total. The van der Waals surface area contributed by atoms with E-state index in [1.54, 1.807) is 0 Å². The van der Waals surface area contributed by atoms with Crippen molar-refractivity contribution in [3.8, 4) is 5.75 Å². The van der Waals surface area contributed by atoms with Crippen LogP contribution < -0.4 is 4.74 Å². The van der Waals surface area contributed by atoms with Crippen LogP contribution in [0.1, 0.15) is 68.0 Å². The first-order valence-corrected chi connectivity index (χ1v) is 9.11. The van der Waals surface area contributed by atoms with Crippen molar-refractivity contribution in [2.75, 3.05) is 13.2 Å². The molecule has 130 valence electrons. The van der Waals surface area contributed by atoms with Gasteiger partial charge in [-0.1, -0.05) is 19.3 Å². The highest BCUT2D eigenvalue weighted by molar-refractivity contribution is 6.06. The zero-order chi connectivity index (χ0) is 17.1. The molecule has 1 heterocycles. The molecule has 0 saturated heterocycles. The Labute approximate surface area is 143 Å². The van der Waals surface area contributed by atoms with Crippen molar-refractivity contribution in [2.24, 2.45) is 0 Å². The number of carbonyl (C=O) groups is 1. The lowest BCUT2D eigenvalue weighted by Gasteiger charge is -2.26. The highest BCUT2D eigenvalue weighted by Crippen LogP contribution is 2.37. The number of benzene rings is 1. The van der Waals surface area contributed by atoms with E-state index in [-0.39, 0.29) is 5.97 Å².